The first-order chi connectivity index (χ1) is 7.41. The van der Waals surface area contributed by atoms with Crippen molar-refractivity contribution in [2.75, 3.05) is 6.61 Å². The second kappa shape index (κ2) is 2.81. The van der Waals surface area contributed by atoms with Gasteiger partial charge < -0.3 is 10.2 Å². The lowest BCUT2D eigenvalue weighted by molar-refractivity contribution is -0.189. The first kappa shape index (κ1) is 10.6. The number of hydrogen-bond donors (Lipinski definition) is 2. The summed E-state index contributed by atoms with van der Waals surface area (Å²) >= 11 is 0. The fourth-order valence-electron chi connectivity index (χ4n) is 5.26. The summed E-state index contributed by atoms with van der Waals surface area (Å²) < 4.78 is 0. The van der Waals surface area contributed by atoms with Gasteiger partial charge in [-0.25, -0.2) is 0 Å². The Morgan fingerprint density at radius 3 is 2.56 bits per heavy atom. The summed E-state index contributed by atoms with van der Waals surface area (Å²) in [6.45, 7) is 4.41. The first-order valence-corrected chi connectivity index (χ1v) is 6.11. The molecule has 4 bridgehead atoms. The van der Waals surface area contributed by atoms with E-state index in [0.717, 1.165) is 25.7 Å². The number of aliphatic hydroxyl groups excluding tert-OH is 1. The van der Waals surface area contributed by atoms with Crippen LogP contribution in [0.1, 0.15) is 38.5 Å². The molecule has 4 atom stereocenters. The number of carbonyl (C=O) groups is 1. The predicted octanol–water partition coefficient (Wildman–Crippen LogP) is 1.85. The molecule has 4 saturated carbocycles. The second-order valence-electron chi connectivity index (χ2n) is 6.75. The van der Waals surface area contributed by atoms with Crippen LogP contribution in [-0.2, 0) is 4.79 Å². The number of carboxylic acids is 1. The van der Waals surface area contributed by atoms with Crippen molar-refractivity contribution < 1.29 is 15.0 Å². The van der Waals surface area contributed by atoms with E-state index in [-0.39, 0.29) is 17.4 Å². The molecular weight excluding hydrogens is 204 g/mol. The van der Waals surface area contributed by atoms with Crippen molar-refractivity contribution in [1.29, 1.82) is 0 Å². The van der Waals surface area contributed by atoms with Gasteiger partial charge in [0, 0.05) is 6.61 Å². The molecule has 4 rings (SSSR count). The molecule has 0 aliphatic heterocycles. The van der Waals surface area contributed by atoms with Crippen LogP contribution in [0.3, 0.4) is 0 Å². The second-order valence-corrected chi connectivity index (χ2v) is 6.75. The molecule has 3 nitrogen and oxygen atoms in total. The molecule has 4 unspecified atom stereocenters. The molecule has 0 aromatic rings. The maximum atomic E-state index is 11.5. The van der Waals surface area contributed by atoms with Crippen LogP contribution in [0.4, 0.5) is 0 Å². The Hall–Kier alpha value is -0.570. The van der Waals surface area contributed by atoms with Crippen LogP contribution in [0, 0.1) is 29.1 Å². The van der Waals surface area contributed by atoms with Gasteiger partial charge in [-0.2, -0.15) is 0 Å². The Kier molecular flexibility index (Phi) is 1.86. The molecule has 2 N–H and O–H groups in total. The summed E-state index contributed by atoms with van der Waals surface area (Å²) in [5.74, 6) is -0.195. The van der Waals surface area contributed by atoms with E-state index >= 15 is 0 Å². The minimum atomic E-state index is -0.664. The van der Waals surface area contributed by atoms with Gasteiger partial charge >= 0.3 is 5.97 Å². The maximum absolute atomic E-state index is 11.5. The number of aliphatic hydroxyl groups is 1. The van der Waals surface area contributed by atoms with Gasteiger partial charge in [0.1, 0.15) is 0 Å². The molecule has 1 radical (unpaired) electrons. The van der Waals surface area contributed by atoms with E-state index in [1.165, 1.54) is 0 Å². The van der Waals surface area contributed by atoms with Crippen molar-refractivity contribution in [3.05, 3.63) is 6.92 Å². The van der Waals surface area contributed by atoms with Crippen molar-refractivity contribution in [2.45, 2.75) is 38.5 Å². The highest BCUT2D eigenvalue weighted by Crippen LogP contribution is 2.69. The zero-order valence-electron chi connectivity index (χ0n) is 9.54. The molecule has 4 aliphatic carbocycles. The van der Waals surface area contributed by atoms with Gasteiger partial charge in [-0.15, -0.1) is 0 Å². The van der Waals surface area contributed by atoms with E-state index < -0.39 is 11.4 Å². The van der Waals surface area contributed by atoms with Crippen LogP contribution < -0.4 is 0 Å². The summed E-state index contributed by atoms with van der Waals surface area (Å²) in [5.41, 5.74) is -0.802. The van der Waals surface area contributed by atoms with Crippen LogP contribution in [-0.4, -0.2) is 22.8 Å². The third kappa shape index (κ3) is 1.21. The summed E-state index contributed by atoms with van der Waals surface area (Å²) in [5, 5.41) is 19.1. The SMILES string of the molecule is [CH2]C12CC3CC(CO)(C1)CC(C(=O)O)(C3)C2. The highest BCUT2D eigenvalue weighted by molar-refractivity contribution is 5.75. The van der Waals surface area contributed by atoms with Crippen LogP contribution in [0.5, 0.6) is 0 Å². The number of carboxylic acid groups (broad SMARTS) is 1. The average molecular weight is 223 g/mol. The van der Waals surface area contributed by atoms with Gasteiger partial charge in [-0.3, -0.25) is 4.79 Å². The molecule has 4 fully saturated rings. The number of rotatable bonds is 2. The van der Waals surface area contributed by atoms with Crippen molar-refractivity contribution in [2.24, 2.45) is 22.2 Å². The molecule has 4 aliphatic rings. The van der Waals surface area contributed by atoms with Gasteiger partial charge in [0.15, 0.2) is 0 Å². The van der Waals surface area contributed by atoms with Gasteiger partial charge in [0.2, 0.25) is 0 Å². The largest absolute Gasteiger partial charge is 0.481 e. The molecule has 0 spiro atoms. The standard InChI is InChI=1S/C13H19O3/c1-11-2-9-3-12(5-11,8-14)7-13(4-9,6-11)10(15)16/h9,14H,1-8H2,(H,15,16). The van der Waals surface area contributed by atoms with Gasteiger partial charge in [0.05, 0.1) is 5.41 Å². The zero-order valence-corrected chi connectivity index (χ0v) is 9.54. The Morgan fingerprint density at radius 2 is 2.00 bits per heavy atom. The molecule has 16 heavy (non-hydrogen) atoms. The van der Waals surface area contributed by atoms with E-state index in [0.29, 0.717) is 18.8 Å². The topological polar surface area (TPSA) is 57.5 Å². The van der Waals surface area contributed by atoms with E-state index in [2.05, 4.69) is 6.92 Å². The predicted molar refractivity (Wildman–Crippen MR) is 58.6 cm³/mol. The molecular formula is C13H19O3. The fourth-order valence-corrected chi connectivity index (χ4v) is 5.26. The summed E-state index contributed by atoms with van der Waals surface area (Å²) in [4.78, 5) is 11.5. The number of aliphatic carboxylic acids is 1. The molecule has 89 valence electrons. The molecule has 0 heterocycles. The summed E-state index contributed by atoms with van der Waals surface area (Å²) in [7, 11) is 0. The summed E-state index contributed by atoms with van der Waals surface area (Å²) in [6.07, 6.45) is 5.18. The molecule has 0 aromatic carbocycles. The first-order valence-electron chi connectivity index (χ1n) is 6.11. The minimum absolute atomic E-state index is 0.0828. The van der Waals surface area contributed by atoms with E-state index in [1.54, 1.807) is 0 Å². The molecule has 0 aromatic heterocycles. The van der Waals surface area contributed by atoms with Crippen molar-refractivity contribution in [1.82, 2.24) is 0 Å². The highest BCUT2D eigenvalue weighted by Gasteiger charge is 2.64. The minimum Gasteiger partial charge on any atom is -0.481 e. The van der Waals surface area contributed by atoms with E-state index in [4.69, 9.17) is 0 Å². The van der Waals surface area contributed by atoms with E-state index in [1.807, 2.05) is 0 Å². The van der Waals surface area contributed by atoms with Gasteiger partial charge in [-0.1, -0.05) is 0 Å². The maximum Gasteiger partial charge on any atom is 0.309 e. The van der Waals surface area contributed by atoms with Crippen molar-refractivity contribution in [3.63, 3.8) is 0 Å². The monoisotopic (exact) mass is 223 g/mol. The van der Waals surface area contributed by atoms with E-state index in [9.17, 15) is 15.0 Å². The third-order valence-electron chi connectivity index (χ3n) is 5.09. The summed E-state index contributed by atoms with van der Waals surface area (Å²) in [6, 6.07) is 0. The van der Waals surface area contributed by atoms with Gasteiger partial charge in [0.25, 0.3) is 0 Å². The Balaban J connectivity index is 2.04. The lowest BCUT2D eigenvalue weighted by atomic mass is 9.40. The lowest BCUT2D eigenvalue weighted by Crippen LogP contribution is -2.59. The van der Waals surface area contributed by atoms with Gasteiger partial charge in [-0.05, 0) is 62.2 Å². The van der Waals surface area contributed by atoms with Crippen LogP contribution in [0.15, 0.2) is 0 Å². The highest BCUT2D eigenvalue weighted by atomic mass is 16.4. The third-order valence-corrected chi connectivity index (χ3v) is 5.09. The number of hydrogen-bond acceptors (Lipinski definition) is 2. The Bertz CT molecular complexity index is 353. The smallest absolute Gasteiger partial charge is 0.309 e. The van der Waals surface area contributed by atoms with Crippen molar-refractivity contribution >= 4 is 5.97 Å². The normalized spacial score (nSPS) is 54.2. The zero-order chi connectivity index (χ0) is 11.6. The van der Waals surface area contributed by atoms with Crippen LogP contribution >= 0.6 is 0 Å². The quantitative estimate of drug-likeness (QED) is 0.751. The Labute approximate surface area is 95.9 Å². The van der Waals surface area contributed by atoms with Crippen molar-refractivity contribution in [3.8, 4) is 0 Å². The average Bonchev–Trinajstić information content (AvgIpc) is 2.13. The Morgan fingerprint density at radius 1 is 1.25 bits per heavy atom. The van der Waals surface area contributed by atoms with Crippen LogP contribution in [0.2, 0.25) is 0 Å². The lowest BCUT2D eigenvalue weighted by Gasteiger charge is -2.64. The molecule has 3 heteroatoms. The molecule has 0 saturated heterocycles. The van der Waals surface area contributed by atoms with Crippen LogP contribution in [0.25, 0.3) is 0 Å². The molecule has 0 amide bonds. The fraction of sp³-hybridized carbons (Fsp3) is 0.846.